The molecule has 1 heterocycles. The van der Waals surface area contributed by atoms with Crippen LogP contribution in [0.4, 0.5) is 5.69 Å². The highest BCUT2D eigenvalue weighted by Gasteiger charge is 2.19. The van der Waals surface area contributed by atoms with E-state index >= 15 is 0 Å². The van der Waals surface area contributed by atoms with Crippen molar-refractivity contribution in [3.8, 4) is 11.8 Å². The van der Waals surface area contributed by atoms with Crippen molar-refractivity contribution in [1.29, 1.82) is 5.26 Å². The lowest BCUT2D eigenvalue weighted by Gasteiger charge is -2.10. The van der Waals surface area contributed by atoms with Crippen LogP contribution in [0.15, 0.2) is 72.8 Å². The minimum Gasteiger partial charge on any atom is -0.489 e. The SMILES string of the molecule is Cn1c(C(=O)Nc2cccc(OCc3cccc(C#N)c3)c2)c(Cl)c2ccccc21. The highest BCUT2D eigenvalue weighted by atomic mass is 35.5. The van der Waals surface area contributed by atoms with E-state index in [9.17, 15) is 4.79 Å². The van der Waals surface area contributed by atoms with Crippen LogP contribution in [-0.2, 0) is 13.7 Å². The number of nitriles is 1. The molecule has 1 aromatic heterocycles. The van der Waals surface area contributed by atoms with Crippen molar-refractivity contribution in [1.82, 2.24) is 4.57 Å². The van der Waals surface area contributed by atoms with Gasteiger partial charge in [-0.1, -0.05) is 48.0 Å². The van der Waals surface area contributed by atoms with Crippen LogP contribution in [0.25, 0.3) is 10.9 Å². The van der Waals surface area contributed by atoms with Crippen molar-refractivity contribution in [2.75, 3.05) is 5.32 Å². The minimum absolute atomic E-state index is 0.294. The Morgan fingerprint density at radius 3 is 2.70 bits per heavy atom. The molecule has 0 saturated heterocycles. The maximum atomic E-state index is 12.9. The predicted octanol–water partition coefficient (Wildman–Crippen LogP) is 5.53. The zero-order valence-corrected chi connectivity index (χ0v) is 17.0. The van der Waals surface area contributed by atoms with E-state index in [0.29, 0.717) is 34.3 Å². The molecule has 0 atom stereocenters. The van der Waals surface area contributed by atoms with E-state index in [1.54, 1.807) is 34.9 Å². The third-order valence-corrected chi connectivity index (χ3v) is 5.20. The summed E-state index contributed by atoms with van der Waals surface area (Å²) in [4.78, 5) is 12.9. The van der Waals surface area contributed by atoms with Crippen LogP contribution >= 0.6 is 11.6 Å². The molecule has 0 aliphatic carbocycles. The summed E-state index contributed by atoms with van der Waals surface area (Å²) in [6.07, 6.45) is 0. The van der Waals surface area contributed by atoms with E-state index in [4.69, 9.17) is 21.6 Å². The molecule has 6 heteroatoms. The van der Waals surface area contributed by atoms with Gasteiger partial charge in [0.25, 0.3) is 5.91 Å². The van der Waals surface area contributed by atoms with Crippen molar-refractivity contribution < 1.29 is 9.53 Å². The average Bonchev–Trinajstić information content (AvgIpc) is 3.03. The van der Waals surface area contributed by atoms with Gasteiger partial charge in [0.05, 0.1) is 16.7 Å². The predicted molar refractivity (Wildman–Crippen MR) is 118 cm³/mol. The molecule has 0 aliphatic heterocycles. The molecule has 0 bridgehead atoms. The van der Waals surface area contributed by atoms with Crippen LogP contribution in [0, 0.1) is 11.3 Å². The van der Waals surface area contributed by atoms with Crippen molar-refractivity contribution >= 4 is 34.1 Å². The maximum Gasteiger partial charge on any atom is 0.273 e. The first-order valence-electron chi connectivity index (χ1n) is 9.33. The molecule has 0 radical (unpaired) electrons. The van der Waals surface area contributed by atoms with Crippen molar-refractivity contribution in [2.24, 2.45) is 7.05 Å². The second-order valence-electron chi connectivity index (χ2n) is 6.82. The number of nitrogens with zero attached hydrogens (tertiary/aromatic N) is 2. The summed E-state index contributed by atoms with van der Waals surface area (Å²) in [5.41, 5.74) is 3.38. The number of carbonyl (C=O) groups excluding carboxylic acids is 1. The number of carbonyl (C=O) groups is 1. The number of rotatable bonds is 5. The molecule has 5 nitrogen and oxygen atoms in total. The van der Waals surface area contributed by atoms with E-state index in [0.717, 1.165) is 16.5 Å². The summed E-state index contributed by atoms with van der Waals surface area (Å²) < 4.78 is 7.61. The van der Waals surface area contributed by atoms with E-state index in [1.165, 1.54) is 0 Å². The first-order valence-corrected chi connectivity index (χ1v) is 9.71. The number of anilines is 1. The quantitative estimate of drug-likeness (QED) is 0.465. The maximum absolute atomic E-state index is 12.9. The van der Waals surface area contributed by atoms with Gasteiger partial charge in [-0.3, -0.25) is 4.79 Å². The van der Waals surface area contributed by atoms with Crippen LogP contribution in [0.1, 0.15) is 21.6 Å². The van der Waals surface area contributed by atoms with Crippen LogP contribution in [0.5, 0.6) is 5.75 Å². The Morgan fingerprint density at radius 2 is 1.90 bits per heavy atom. The molecule has 1 N–H and O–H groups in total. The second-order valence-corrected chi connectivity index (χ2v) is 7.20. The number of nitrogens with one attached hydrogen (secondary N) is 1. The number of ether oxygens (including phenoxy) is 1. The molecule has 4 aromatic rings. The Bertz CT molecular complexity index is 1250. The number of aromatic nitrogens is 1. The minimum atomic E-state index is -0.294. The van der Waals surface area contributed by atoms with E-state index in [2.05, 4.69) is 11.4 Å². The Morgan fingerprint density at radius 1 is 1.10 bits per heavy atom. The van der Waals surface area contributed by atoms with Gasteiger partial charge in [0.15, 0.2) is 0 Å². The van der Waals surface area contributed by atoms with E-state index in [-0.39, 0.29) is 5.91 Å². The number of hydrogen-bond acceptors (Lipinski definition) is 3. The molecule has 0 unspecified atom stereocenters. The molecule has 0 saturated carbocycles. The highest BCUT2D eigenvalue weighted by molar-refractivity contribution is 6.39. The number of aryl methyl sites for hydroxylation is 1. The Kier molecular flexibility index (Phi) is 5.42. The van der Waals surface area contributed by atoms with Gasteiger partial charge in [0.2, 0.25) is 0 Å². The lowest BCUT2D eigenvalue weighted by Crippen LogP contribution is -2.16. The average molecular weight is 416 g/mol. The van der Waals surface area contributed by atoms with Gasteiger partial charge in [-0.25, -0.2) is 0 Å². The third kappa shape index (κ3) is 3.86. The summed E-state index contributed by atoms with van der Waals surface area (Å²) in [6, 6.07) is 24.1. The number of para-hydroxylation sites is 1. The van der Waals surface area contributed by atoms with Gasteiger partial charge >= 0.3 is 0 Å². The third-order valence-electron chi connectivity index (χ3n) is 4.81. The summed E-state index contributed by atoms with van der Waals surface area (Å²) in [7, 11) is 1.82. The van der Waals surface area contributed by atoms with Gasteiger partial charge in [-0.15, -0.1) is 0 Å². The monoisotopic (exact) mass is 415 g/mol. The smallest absolute Gasteiger partial charge is 0.273 e. The summed E-state index contributed by atoms with van der Waals surface area (Å²) >= 11 is 6.47. The Balaban J connectivity index is 1.51. The van der Waals surface area contributed by atoms with Crippen molar-refractivity contribution in [3.63, 3.8) is 0 Å². The number of benzene rings is 3. The fourth-order valence-electron chi connectivity index (χ4n) is 3.35. The fraction of sp³-hybridized carbons (Fsp3) is 0.0833. The van der Waals surface area contributed by atoms with E-state index < -0.39 is 0 Å². The molecule has 0 fully saturated rings. The second kappa shape index (κ2) is 8.32. The summed E-state index contributed by atoms with van der Waals surface area (Å²) in [6.45, 7) is 0.321. The number of halogens is 1. The number of hydrogen-bond donors (Lipinski definition) is 1. The topological polar surface area (TPSA) is 67.1 Å². The van der Waals surface area contributed by atoms with Crippen molar-refractivity contribution in [3.05, 3.63) is 94.6 Å². The largest absolute Gasteiger partial charge is 0.489 e. The van der Waals surface area contributed by atoms with Gasteiger partial charge in [-0.2, -0.15) is 5.26 Å². The molecule has 0 aliphatic rings. The molecule has 30 heavy (non-hydrogen) atoms. The normalized spacial score (nSPS) is 10.6. The van der Waals surface area contributed by atoms with Crippen LogP contribution < -0.4 is 10.1 Å². The zero-order chi connectivity index (χ0) is 21.1. The van der Waals surface area contributed by atoms with E-state index in [1.807, 2.05) is 49.5 Å². The molecule has 3 aromatic carbocycles. The van der Waals surface area contributed by atoms with Crippen molar-refractivity contribution in [2.45, 2.75) is 6.61 Å². The molecular weight excluding hydrogens is 398 g/mol. The van der Waals surface area contributed by atoms with Crippen LogP contribution in [0.2, 0.25) is 5.02 Å². The Labute approximate surface area is 179 Å². The lowest BCUT2D eigenvalue weighted by molar-refractivity contribution is 0.102. The van der Waals surface area contributed by atoms with Gasteiger partial charge < -0.3 is 14.6 Å². The molecule has 148 valence electrons. The first-order chi connectivity index (χ1) is 14.6. The molecule has 4 rings (SSSR count). The van der Waals surface area contributed by atoms with Gasteiger partial charge in [0.1, 0.15) is 18.1 Å². The fourth-order valence-corrected chi connectivity index (χ4v) is 3.72. The zero-order valence-electron chi connectivity index (χ0n) is 16.2. The van der Waals surface area contributed by atoms with Gasteiger partial charge in [0, 0.05) is 29.7 Å². The standard InChI is InChI=1S/C24H18ClN3O2/c1-28-21-11-3-2-10-20(21)22(25)23(28)24(29)27-18-8-5-9-19(13-18)30-15-17-7-4-6-16(12-17)14-26/h2-13H,15H2,1H3,(H,27,29). The van der Waals surface area contributed by atoms with Crippen LogP contribution in [0.3, 0.4) is 0 Å². The van der Waals surface area contributed by atoms with Gasteiger partial charge in [-0.05, 0) is 35.9 Å². The molecule has 1 amide bonds. The number of amides is 1. The highest BCUT2D eigenvalue weighted by Crippen LogP contribution is 2.30. The molecule has 0 spiro atoms. The summed E-state index contributed by atoms with van der Waals surface area (Å²) in [5.74, 6) is 0.316. The lowest BCUT2D eigenvalue weighted by atomic mass is 10.1. The number of fused-ring (bicyclic) bond motifs is 1. The first kappa shape index (κ1) is 19.6. The molecular formula is C24H18ClN3O2. The summed E-state index contributed by atoms with van der Waals surface area (Å²) in [5, 5.41) is 13.2. The Hall–Kier alpha value is -3.75. The van der Waals surface area contributed by atoms with Crippen LogP contribution in [-0.4, -0.2) is 10.5 Å².